The van der Waals surface area contributed by atoms with Gasteiger partial charge in [0, 0.05) is 18.8 Å². The van der Waals surface area contributed by atoms with Crippen LogP contribution in [0.1, 0.15) is 32.8 Å². The van der Waals surface area contributed by atoms with Crippen molar-refractivity contribution in [1.82, 2.24) is 0 Å². The van der Waals surface area contributed by atoms with Gasteiger partial charge in [0.1, 0.15) is 12.2 Å². The summed E-state index contributed by atoms with van der Waals surface area (Å²) in [6, 6.07) is 8.95. The Morgan fingerprint density at radius 3 is 2.33 bits per heavy atom. The molecule has 0 atom stereocenters. The van der Waals surface area contributed by atoms with Crippen LogP contribution < -0.4 is 29.6 Å². The predicted molar refractivity (Wildman–Crippen MR) is 84.5 cm³/mol. The third-order valence-corrected chi connectivity index (χ3v) is 4.70. The molecule has 0 aliphatic carbocycles. The van der Waals surface area contributed by atoms with Crippen molar-refractivity contribution in [3.8, 4) is 0 Å². The number of benzene rings is 1. The summed E-state index contributed by atoms with van der Waals surface area (Å²) < 4.78 is 57.8. The Kier molecular flexibility index (Phi) is 8.99. The molecule has 0 fully saturated rings. The Labute approximate surface area is 165 Å². The fourth-order valence-corrected chi connectivity index (χ4v) is 3.06. The van der Waals surface area contributed by atoms with E-state index in [9.17, 15) is 8.42 Å². The average Bonchev–Trinajstić information content (AvgIpc) is 2.58. The molecule has 1 aliphatic rings. The second-order valence-corrected chi connectivity index (χ2v) is 7.63. The number of nitrogens with zero attached hydrogens (tertiary/aromatic N) is 1. The van der Waals surface area contributed by atoms with E-state index >= 15 is 0 Å². The molecule has 0 unspecified atom stereocenters. The molecular weight excluding hydrogens is 365 g/mol. The molecule has 0 aromatic heterocycles. The molecule has 0 saturated heterocycles. The van der Waals surface area contributed by atoms with Crippen LogP contribution in [-0.4, -0.2) is 48.2 Å². The van der Waals surface area contributed by atoms with Gasteiger partial charge in [-0.1, -0.05) is 19.4 Å². The van der Waals surface area contributed by atoms with Crippen LogP contribution in [0.5, 0.6) is 0 Å². The maximum atomic E-state index is 10.8. The van der Waals surface area contributed by atoms with Crippen LogP contribution >= 0.6 is 0 Å². The summed E-state index contributed by atoms with van der Waals surface area (Å²) in [4.78, 5) is 0. The molecule has 0 bridgehead atoms. The Morgan fingerprint density at radius 1 is 1.29 bits per heavy atom. The Hall–Kier alpha value is -0.580. The molecule has 1 aromatic carbocycles. The maximum Gasteiger partial charge on any atom is 1.00 e. The normalized spacial score (nSPS) is 15.0. The van der Waals surface area contributed by atoms with Gasteiger partial charge in [-0.2, -0.15) is 26.6 Å². The molecule has 10 heteroatoms. The molecule has 1 aromatic rings. The van der Waals surface area contributed by atoms with E-state index in [1.807, 2.05) is 18.2 Å². The summed E-state index contributed by atoms with van der Waals surface area (Å²) in [5.74, 6) is -0.203. The molecule has 128 valence electrons. The maximum absolute atomic E-state index is 10.8. The van der Waals surface area contributed by atoms with Gasteiger partial charge in [0.25, 0.3) is 10.1 Å². The van der Waals surface area contributed by atoms with Gasteiger partial charge in [-0.15, -0.1) is 18.7 Å². The smallest absolute Gasteiger partial charge is 0.286 e. The standard InChI is InChI=1S/C14H19NO3S.Na.O3S/c1-11-14(2,3)12-7-4-5-8-13(12)15(11)9-6-10-19(16,17)18;;1-4(2)3/h5,7-8H,6,9-10H2,1-3H3,(H,16,17,18);;/q;+1;. The van der Waals surface area contributed by atoms with Crippen molar-refractivity contribution in [2.45, 2.75) is 32.6 Å². The zero-order valence-corrected chi connectivity index (χ0v) is 17.7. The Morgan fingerprint density at radius 2 is 1.83 bits per heavy atom. The van der Waals surface area contributed by atoms with E-state index in [0.29, 0.717) is 13.0 Å². The van der Waals surface area contributed by atoms with Crippen molar-refractivity contribution < 1.29 is 59.7 Å². The fourth-order valence-electron chi connectivity index (χ4n) is 2.56. The topological polar surface area (TPSA) is 109 Å². The monoisotopic (exact) mass is 384 g/mol. The van der Waals surface area contributed by atoms with Gasteiger partial charge in [-0.05, 0) is 0 Å². The second kappa shape index (κ2) is 9.21. The third kappa shape index (κ3) is 6.38. The minimum Gasteiger partial charge on any atom is -0.286 e. The average molecular weight is 384 g/mol. The molecular formula is C14H19NNaO6S2+. The molecule has 0 radical (unpaired) electrons. The molecule has 1 heterocycles. The molecule has 24 heavy (non-hydrogen) atoms. The number of hydrogen-bond donors (Lipinski definition) is 1. The first-order valence-electron chi connectivity index (χ1n) is 6.81. The summed E-state index contributed by atoms with van der Waals surface area (Å²) in [5, 5.41) is 0. The summed E-state index contributed by atoms with van der Waals surface area (Å²) in [5.41, 5.74) is 3.44. The molecule has 0 amide bonds. The van der Waals surface area contributed by atoms with Crippen LogP contribution in [0.2, 0.25) is 0 Å². The Bertz CT molecular complexity index is 822. The number of hydrogen-bond acceptors (Lipinski definition) is 5. The molecule has 0 spiro atoms. The van der Waals surface area contributed by atoms with Crippen molar-refractivity contribution in [3.63, 3.8) is 0 Å². The van der Waals surface area contributed by atoms with Crippen LogP contribution in [0.4, 0.5) is 5.69 Å². The van der Waals surface area contributed by atoms with Gasteiger partial charge in [-0.3, -0.25) is 4.55 Å². The number of fused-ring (bicyclic) bond motifs is 1. The molecule has 1 aliphatic heterocycles. The summed E-state index contributed by atoms with van der Waals surface area (Å²) in [6.07, 6.45) is 0.407. The van der Waals surface area contributed by atoms with Crippen molar-refractivity contribution in [3.05, 3.63) is 29.8 Å². The zero-order valence-electron chi connectivity index (χ0n) is 14.1. The fraction of sp³-hybridized carbons (Fsp3) is 0.500. The van der Waals surface area contributed by atoms with Crippen molar-refractivity contribution in [1.29, 1.82) is 0 Å². The zero-order chi connectivity index (χ0) is 17.8. The first kappa shape index (κ1) is 23.4. The van der Waals surface area contributed by atoms with Crippen LogP contribution in [0.25, 0.3) is 0 Å². The predicted octanol–water partition coefficient (Wildman–Crippen LogP) is -1.84. The largest absolute Gasteiger partial charge is 1.00 e. The van der Waals surface area contributed by atoms with Gasteiger partial charge in [0.05, 0.1) is 5.75 Å². The Balaban J connectivity index is 0.000000954. The van der Waals surface area contributed by atoms with Crippen molar-refractivity contribution in [2.75, 3.05) is 12.3 Å². The molecule has 7 nitrogen and oxygen atoms in total. The second-order valence-electron chi connectivity index (χ2n) is 5.65. The molecule has 2 rings (SSSR count). The van der Waals surface area contributed by atoms with Crippen LogP contribution in [0.3, 0.4) is 0 Å². The van der Waals surface area contributed by atoms with Crippen LogP contribution in [0, 0.1) is 6.07 Å². The summed E-state index contributed by atoms with van der Waals surface area (Å²) in [6.45, 7) is 6.95. The van der Waals surface area contributed by atoms with E-state index in [0.717, 1.165) is 5.69 Å². The molecule has 1 N–H and O–H groups in total. The quantitative estimate of drug-likeness (QED) is 0.283. The van der Waals surface area contributed by atoms with E-state index in [4.69, 9.17) is 17.2 Å². The minimum atomic E-state index is -3.88. The van der Waals surface area contributed by atoms with E-state index in [2.05, 4.69) is 31.4 Å². The third-order valence-electron chi connectivity index (χ3n) is 3.90. The summed E-state index contributed by atoms with van der Waals surface area (Å²) >= 11 is 0. The van der Waals surface area contributed by atoms with Gasteiger partial charge < -0.3 is 0 Å². The molecule has 0 saturated carbocycles. The van der Waals surface area contributed by atoms with Crippen molar-refractivity contribution in [2.24, 2.45) is 0 Å². The van der Waals surface area contributed by atoms with Crippen LogP contribution in [0.15, 0.2) is 18.2 Å². The minimum absolute atomic E-state index is 0. The van der Waals surface area contributed by atoms with Gasteiger partial charge in [0.15, 0.2) is 5.71 Å². The number of rotatable bonds is 4. The van der Waals surface area contributed by atoms with Gasteiger partial charge in [0.2, 0.25) is 0 Å². The van der Waals surface area contributed by atoms with Gasteiger partial charge in [-0.25, -0.2) is 4.58 Å². The SMILES string of the molecule is CC1=[N+](CCCS(=O)(=O)O)c2cc[c-]cc2C1(C)C.O=S(=O)=O.[Na+]. The van der Waals surface area contributed by atoms with Gasteiger partial charge >= 0.3 is 40.2 Å². The van der Waals surface area contributed by atoms with Crippen LogP contribution in [-0.2, 0) is 26.1 Å². The van der Waals surface area contributed by atoms with E-state index in [-0.39, 0.29) is 40.7 Å². The first-order chi connectivity index (χ1) is 10.5. The van der Waals surface area contributed by atoms with E-state index < -0.39 is 20.7 Å². The van der Waals surface area contributed by atoms with E-state index in [1.165, 1.54) is 11.3 Å². The van der Waals surface area contributed by atoms with Crippen molar-refractivity contribution >= 4 is 32.1 Å². The first-order valence-corrected chi connectivity index (χ1v) is 9.42. The summed E-state index contributed by atoms with van der Waals surface area (Å²) in [7, 11) is -6.99. The van der Waals surface area contributed by atoms with E-state index in [1.54, 1.807) is 0 Å².